The van der Waals surface area contributed by atoms with Crippen molar-refractivity contribution in [1.82, 2.24) is 23.8 Å². The van der Waals surface area contributed by atoms with E-state index in [0.29, 0.717) is 31.7 Å². The van der Waals surface area contributed by atoms with E-state index >= 15 is 0 Å². The summed E-state index contributed by atoms with van der Waals surface area (Å²) in [4.78, 5) is 31.8. The molecule has 10 nitrogen and oxygen atoms in total. The fraction of sp³-hybridized carbons (Fsp3) is 0.500. The van der Waals surface area contributed by atoms with Gasteiger partial charge in [-0.25, -0.2) is 22.9 Å². The highest BCUT2D eigenvalue weighted by Crippen LogP contribution is 2.18. The van der Waals surface area contributed by atoms with Crippen molar-refractivity contribution < 1.29 is 8.42 Å². The Hall–Kier alpha value is -2.11. The maximum Gasteiger partial charge on any atom is 0.329 e. The zero-order valence-corrected chi connectivity index (χ0v) is 15.8. The molecule has 1 saturated heterocycles. The monoisotopic (exact) mass is 402 g/mol. The summed E-state index contributed by atoms with van der Waals surface area (Å²) in [6.07, 6.45) is 2.40. The number of halogens is 1. The number of aryl methyl sites for hydroxylation is 1. The van der Waals surface area contributed by atoms with Gasteiger partial charge in [0.25, 0.3) is 15.6 Å². The highest BCUT2D eigenvalue weighted by molar-refractivity contribution is 7.89. The van der Waals surface area contributed by atoms with E-state index in [1.54, 1.807) is 7.05 Å². The Bertz CT molecular complexity index is 982. The molecule has 0 aromatic carbocycles. The number of rotatable bonds is 4. The Morgan fingerprint density at radius 2 is 1.92 bits per heavy atom. The first-order valence-corrected chi connectivity index (χ1v) is 9.80. The number of hydrogen-bond acceptors (Lipinski definition) is 6. The molecule has 1 aliphatic rings. The summed E-state index contributed by atoms with van der Waals surface area (Å²) in [5, 5.41) is -0.0295. The summed E-state index contributed by atoms with van der Waals surface area (Å²) in [5.41, 5.74) is -0.874. The van der Waals surface area contributed by atoms with Gasteiger partial charge in [-0.05, 0) is 24.4 Å². The summed E-state index contributed by atoms with van der Waals surface area (Å²) >= 11 is 5.80. The van der Waals surface area contributed by atoms with Crippen LogP contribution in [0.5, 0.6) is 0 Å². The number of aromatic nitrogens is 4. The molecular weight excluding hydrogens is 384 g/mol. The molecule has 1 aliphatic heterocycles. The first-order valence-electron chi connectivity index (χ1n) is 7.94. The zero-order chi connectivity index (χ0) is 19.1. The number of nitrogens with one attached hydrogen (secondary N) is 2. The number of sulfonamides is 1. The number of aromatic amines is 1. The van der Waals surface area contributed by atoms with Crippen LogP contribution in [-0.4, -0.2) is 46.7 Å². The van der Waals surface area contributed by atoms with Crippen LogP contribution in [0, 0.1) is 0 Å². The lowest BCUT2D eigenvalue weighted by atomic mass is 10.1. The topological polar surface area (TPSA) is 122 Å². The Labute approximate surface area is 154 Å². The van der Waals surface area contributed by atoms with E-state index in [2.05, 4.69) is 14.7 Å². The number of nitrogens with zero attached hydrogens (tertiary/aromatic N) is 4. The van der Waals surface area contributed by atoms with Gasteiger partial charge in [0.1, 0.15) is 5.82 Å². The molecule has 1 fully saturated rings. The summed E-state index contributed by atoms with van der Waals surface area (Å²) in [6, 6.07) is 1.09. The Balaban J connectivity index is 1.67. The number of hydrogen-bond donors (Lipinski definition) is 2. The van der Waals surface area contributed by atoms with E-state index in [4.69, 9.17) is 11.6 Å². The van der Waals surface area contributed by atoms with E-state index in [9.17, 15) is 18.0 Å². The summed E-state index contributed by atoms with van der Waals surface area (Å²) in [7, 11) is -0.751. The van der Waals surface area contributed by atoms with E-state index in [-0.39, 0.29) is 16.4 Å². The molecular formula is C14H19ClN6O4S. The van der Waals surface area contributed by atoms with Crippen LogP contribution in [0.15, 0.2) is 26.9 Å². The van der Waals surface area contributed by atoms with E-state index < -0.39 is 21.3 Å². The molecule has 0 aliphatic carbocycles. The van der Waals surface area contributed by atoms with Crippen LogP contribution in [0.4, 0.5) is 5.82 Å². The third-order valence-electron chi connectivity index (χ3n) is 4.36. The SMILES string of the molecule is Cn1cc(S(=O)(=O)NC2CCN(c3cc(=O)n(C)c(=O)[nH]3)CC2)nc1Cl. The van der Waals surface area contributed by atoms with Crippen LogP contribution >= 0.6 is 11.6 Å². The summed E-state index contributed by atoms with van der Waals surface area (Å²) < 4.78 is 29.8. The average molecular weight is 403 g/mol. The number of H-pyrrole nitrogens is 1. The second-order valence-electron chi connectivity index (χ2n) is 6.20. The Morgan fingerprint density at radius 1 is 1.27 bits per heavy atom. The smallest absolute Gasteiger partial charge is 0.329 e. The van der Waals surface area contributed by atoms with Crippen molar-refractivity contribution in [1.29, 1.82) is 0 Å². The highest BCUT2D eigenvalue weighted by Gasteiger charge is 2.27. The Morgan fingerprint density at radius 3 is 2.46 bits per heavy atom. The lowest BCUT2D eigenvalue weighted by Gasteiger charge is -2.33. The van der Waals surface area contributed by atoms with E-state index in [1.165, 1.54) is 23.9 Å². The molecule has 0 amide bonds. The largest absolute Gasteiger partial charge is 0.358 e. The van der Waals surface area contributed by atoms with Crippen LogP contribution in [0.1, 0.15) is 12.8 Å². The highest BCUT2D eigenvalue weighted by atomic mass is 35.5. The average Bonchev–Trinajstić information content (AvgIpc) is 2.93. The molecule has 0 radical (unpaired) electrons. The maximum absolute atomic E-state index is 12.4. The standard InChI is InChI=1S/C14H19ClN6O4S/c1-19-8-11(17-13(19)15)26(24,25)18-9-3-5-21(6-4-9)10-7-12(22)20(2)14(23)16-10/h7-9,18H,3-6H2,1-2H3,(H,16,23). The maximum atomic E-state index is 12.4. The van der Waals surface area contributed by atoms with E-state index in [1.807, 2.05) is 4.90 Å². The molecule has 12 heteroatoms. The van der Waals surface area contributed by atoms with Crippen molar-refractivity contribution in [3.63, 3.8) is 0 Å². The Kier molecular flexibility index (Phi) is 4.95. The number of anilines is 1. The van der Waals surface area contributed by atoms with Gasteiger partial charge >= 0.3 is 5.69 Å². The first kappa shape index (κ1) is 18.7. The van der Waals surface area contributed by atoms with Crippen molar-refractivity contribution in [2.24, 2.45) is 14.1 Å². The van der Waals surface area contributed by atoms with Crippen molar-refractivity contribution in [3.8, 4) is 0 Å². The predicted octanol–water partition coefficient (Wildman–Crippen LogP) is -0.592. The second kappa shape index (κ2) is 6.89. The van der Waals surface area contributed by atoms with Crippen LogP contribution in [-0.2, 0) is 24.1 Å². The molecule has 0 atom stereocenters. The van der Waals surface area contributed by atoms with Gasteiger partial charge in [-0.2, -0.15) is 0 Å². The third-order valence-corrected chi connectivity index (χ3v) is 6.10. The minimum Gasteiger partial charge on any atom is -0.358 e. The fourth-order valence-electron chi connectivity index (χ4n) is 2.78. The van der Waals surface area contributed by atoms with Crippen LogP contribution in [0.3, 0.4) is 0 Å². The van der Waals surface area contributed by atoms with Gasteiger partial charge in [0.05, 0.1) is 0 Å². The molecule has 0 bridgehead atoms. The molecule has 2 aromatic rings. The molecule has 2 N–H and O–H groups in total. The number of piperidine rings is 1. The molecule has 0 spiro atoms. The molecule has 0 unspecified atom stereocenters. The van der Waals surface area contributed by atoms with Gasteiger partial charge in [0, 0.05) is 45.5 Å². The van der Waals surface area contributed by atoms with Gasteiger partial charge < -0.3 is 9.47 Å². The summed E-state index contributed by atoms with van der Waals surface area (Å²) in [6.45, 7) is 0.999. The fourth-order valence-corrected chi connectivity index (χ4v) is 4.27. The minimum absolute atomic E-state index is 0.0924. The van der Waals surface area contributed by atoms with Gasteiger partial charge in [-0.3, -0.25) is 14.3 Å². The second-order valence-corrected chi connectivity index (χ2v) is 8.20. The van der Waals surface area contributed by atoms with Gasteiger partial charge in [0.2, 0.25) is 5.28 Å². The van der Waals surface area contributed by atoms with E-state index in [0.717, 1.165) is 4.57 Å². The van der Waals surface area contributed by atoms with Gasteiger partial charge in [-0.15, -0.1) is 0 Å². The van der Waals surface area contributed by atoms with Crippen molar-refractivity contribution >= 4 is 27.4 Å². The molecule has 2 aromatic heterocycles. The quantitative estimate of drug-likeness (QED) is 0.704. The van der Waals surface area contributed by atoms with Gasteiger partial charge in [0.15, 0.2) is 5.03 Å². The lowest BCUT2D eigenvalue weighted by molar-refractivity contribution is 0.457. The van der Waals surface area contributed by atoms with Crippen molar-refractivity contribution in [3.05, 3.63) is 38.4 Å². The van der Waals surface area contributed by atoms with Gasteiger partial charge in [-0.1, -0.05) is 0 Å². The van der Waals surface area contributed by atoms with Crippen molar-refractivity contribution in [2.75, 3.05) is 18.0 Å². The normalized spacial score (nSPS) is 16.2. The van der Waals surface area contributed by atoms with Crippen LogP contribution in [0.25, 0.3) is 0 Å². The van der Waals surface area contributed by atoms with Crippen LogP contribution in [0.2, 0.25) is 5.28 Å². The first-order chi connectivity index (χ1) is 12.2. The summed E-state index contributed by atoms with van der Waals surface area (Å²) in [5.74, 6) is 0.441. The molecule has 3 rings (SSSR count). The predicted molar refractivity (Wildman–Crippen MR) is 96.1 cm³/mol. The van der Waals surface area contributed by atoms with Crippen LogP contribution < -0.4 is 20.9 Å². The lowest BCUT2D eigenvalue weighted by Crippen LogP contribution is -2.46. The minimum atomic E-state index is -3.76. The molecule has 26 heavy (non-hydrogen) atoms. The molecule has 142 valence electrons. The third kappa shape index (κ3) is 3.69. The molecule has 0 saturated carbocycles. The zero-order valence-electron chi connectivity index (χ0n) is 14.3. The number of imidazole rings is 1. The van der Waals surface area contributed by atoms with Crippen molar-refractivity contribution in [2.45, 2.75) is 23.9 Å². The molecule has 3 heterocycles.